The summed E-state index contributed by atoms with van der Waals surface area (Å²) in [7, 11) is 3.39. The van der Waals surface area contributed by atoms with Gasteiger partial charge in [-0.1, -0.05) is 12.1 Å². The predicted molar refractivity (Wildman–Crippen MR) is 73.3 cm³/mol. The second kappa shape index (κ2) is 6.21. The van der Waals surface area contributed by atoms with Gasteiger partial charge in [-0.15, -0.1) is 0 Å². The Morgan fingerprint density at radius 2 is 2.06 bits per heavy atom. The quantitative estimate of drug-likeness (QED) is 0.796. The number of fused-ring (bicyclic) bond motifs is 1. The lowest BCUT2D eigenvalue weighted by molar-refractivity contribution is 0.198. The molecule has 0 aliphatic heterocycles. The Balaban J connectivity index is 2.23. The first-order valence-corrected chi connectivity index (χ1v) is 6.01. The molecule has 0 saturated carbocycles. The van der Waals surface area contributed by atoms with E-state index in [0.29, 0.717) is 0 Å². The smallest absolute Gasteiger partial charge is 0.133 e. The number of nitrogens with zero attached hydrogens (tertiary/aromatic N) is 1. The summed E-state index contributed by atoms with van der Waals surface area (Å²) in [6.07, 6.45) is 2.75. The number of anilines is 1. The summed E-state index contributed by atoms with van der Waals surface area (Å²) in [5, 5.41) is 5.48. The zero-order chi connectivity index (χ0) is 12.8. The van der Waals surface area contributed by atoms with Gasteiger partial charge in [0.2, 0.25) is 0 Å². The van der Waals surface area contributed by atoms with E-state index in [4.69, 9.17) is 9.47 Å². The number of nitrogens with one attached hydrogen (secondary N) is 1. The van der Waals surface area contributed by atoms with Crippen molar-refractivity contribution in [3.63, 3.8) is 0 Å². The van der Waals surface area contributed by atoms with E-state index in [-0.39, 0.29) is 0 Å². The zero-order valence-corrected chi connectivity index (χ0v) is 10.8. The Bertz CT molecular complexity index is 514. The summed E-state index contributed by atoms with van der Waals surface area (Å²) >= 11 is 0. The van der Waals surface area contributed by atoms with Gasteiger partial charge in [-0.2, -0.15) is 0 Å². The van der Waals surface area contributed by atoms with Crippen LogP contribution in [0.5, 0.6) is 5.75 Å². The standard InChI is InChI=1S/C14H18N2O2/c1-17-10-4-8-15-14-12-5-3-6-13(18-2)11(12)7-9-16-14/h3,5-7,9H,4,8,10H2,1-2H3,(H,15,16). The van der Waals surface area contributed by atoms with Gasteiger partial charge in [0.25, 0.3) is 0 Å². The van der Waals surface area contributed by atoms with Crippen LogP contribution in [0.3, 0.4) is 0 Å². The summed E-state index contributed by atoms with van der Waals surface area (Å²) in [6.45, 7) is 1.60. The minimum absolute atomic E-state index is 0.751. The molecule has 4 heteroatoms. The molecule has 0 atom stereocenters. The van der Waals surface area contributed by atoms with Gasteiger partial charge in [-0.25, -0.2) is 4.98 Å². The Hall–Kier alpha value is -1.81. The molecule has 96 valence electrons. The molecule has 2 aromatic rings. The molecule has 0 aliphatic carbocycles. The highest BCUT2D eigenvalue weighted by atomic mass is 16.5. The monoisotopic (exact) mass is 246 g/mol. The van der Waals surface area contributed by atoms with Crippen molar-refractivity contribution < 1.29 is 9.47 Å². The number of hydrogen-bond acceptors (Lipinski definition) is 4. The highest BCUT2D eigenvalue weighted by Gasteiger charge is 2.05. The fourth-order valence-corrected chi connectivity index (χ4v) is 1.92. The number of benzene rings is 1. The van der Waals surface area contributed by atoms with Gasteiger partial charge >= 0.3 is 0 Å². The third kappa shape index (κ3) is 2.71. The molecule has 2 rings (SSSR count). The van der Waals surface area contributed by atoms with E-state index in [9.17, 15) is 0 Å². The molecule has 0 aliphatic rings. The van der Waals surface area contributed by atoms with E-state index < -0.39 is 0 Å². The summed E-state index contributed by atoms with van der Waals surface area (Å²) in [6, 6.07) is 7.94. The van der Waals surface area contributed by atoms with Gasteiger partial charge in [0.15, 0.2) is 0 Å². The maximum atomic E-state index is 5.35. The SMILES string of the molecule is COCCCNc1nccc2c(OC)cccc12. The Morgan fingerprint density at radius 3 is 2.83 bits per heavy atom. The summed E-state index contributed by atoms with van der Waals surface area (Å²) < 4.78 is 10.4. The van der Waals surface area contributed by atoms with Crippen molar-refractivity contribution in [3.05, 3.63) is 30.5 Å². The number of methoxy groups -OCH3 is 2. The highest BCUT2D eigenvalue weighted by molar-refractivity contribution is 5.95. The minimum atomic E-state index is 0.751. The van der Waals surface area contributed by atoms with Crippen molar-refractivity contribution in [3.8, 4) is 5.75 Å². The van der Waals surface area contributed by atoms with Crippen LogP contribution in [0.25, 0.3) is 10.8 Å². The second-order valence-electron chi connectivity index (χ2n) is 3.99. The molecule has 0 spiro atoms. The maximum Gasteiger partial charge on any atom is 0.133 e. The number of pyridine rings is 1. The molecule has 0 radical (unpaired) electrons. The first-order valence-electron chi connectivity index (χ1n) is 6.01. The van der Waals surface area contributed by atoms with E-state index in [0.717, 1.165) is 41.9 Å². The first-order chi connectivity index (χ1) is 8.86. The number of ether oxygens (including phenoxy) is 2. The molecular formula is C14H18N2O2. The molecule has 0 fully saturated rings. The van der Waals surface area contributed by atoms with E-state index in [1.165, 1.54) is 0 Å². The van der Waals surface area contributed by atoms with Crippen LogP contribution in [0.2, 0.25) is 0 Å². The molecule has 4 nitrogen and oxygen atoms in total. The van der Waals surface area contributed by atoms with Crippen LogP contribution in [-0.2, 0) is 4.74 Å². The van der Waals surface area contributed by atoms with Gasteiger partial charge in [-0.3, -0.25) is 0 Å². The lowest BCUT2D eigenvalue weighted by atomic mass is 10.1. The highest BCUT2D eigenvalue weighted by Crippen LogP contribution is 2.28. The number of hydrogen-bond donors (Lipinski definition) is 1. The molecule has 1 aromatic heterocycles. The van der Waals surface area contributed by atoms with Gasteiger partial charge in [-0.05, 0) is 18.6 Å². The van der Waals surface area contributed by atoms with Crippen LogP contribution >= 0.6 is 0 Å². The zero-order valence-electron chi connectivity index (χ0n) is 10.8. The number of rotatable bonds is 6. The molecule has 1 heterocycles. The minimum Gasteiger partial charge on any atom is -0.496 e. The van der Waals surface area contributed by atoms with Gasteiger partial charge in [0.05, 0.1) is 7.11 Å². The van der Waals surface area contributed by atoms with Crippen molar-refractivity contribution in [1.29, 1.82) is 0 Å². The molecule has 0 bridgehead atoms. The second-order valence-corrected chi connectivity index (χ2v) is 3.99. The summed E-state index contributed by atoms with van der Waals surface area (Å²) in [5.74, 6) is 1.76. The Labute approximate surface area is 107 Å². The Morgan fingerprint density at radius 1 is 1.17 bits per heavy atom. The van der Waals surface area contributed by atoms with Crippen molar-refractivity contribution in [2.24, 2.45) is 0 Å². The average Bonchev–Trinajstić information content (AvgIpc) is 2.43. The molecule has 0 amide bonds. The molecule has 0 saturated heterocycles. The predicted octanol–water partition coefficient (Wildman–Crippen LogP) is 2.69. The fraction of sp³-hybridized carbons (Fsp3) is 0.357. The molecule has 0 unspecified atom stereocenters. The van der Waals surface area contributed by atoms with Crippen molar-refractivity contribution in [2.75, 3.05) is 32.7 Å². The topological polar surface area (TPSA) is 43.4 Å². The van der Waals surface area contributed by atoms with Crippen LogP contribution < -0.4 is 10.1 Å². The first kappa shape index (κ1) is 12.6. The van der Waals surface area contributed by atoms with Gasteiger partial charge in [0.1, 0.15) is 11.6 Å². The van der Waals surface area contributed by atoms with Gasteiger partial charge < -0.3 is 14.8 Å². The maximum absolute atomic E-state index is 5.35. The lowest BCUT2D eigenvalue weighted by Gasteiger charge is -2.10. The fourth-order valence-electron chi connectivity index (χ4n) is 1.92. The summed E-state index contributed by atoms with van der Waals surface area (Å²) in [4.78, 5) is 4.37. The van der Waals surface area contributed by atoms with Crippen molar-refractivity contribution >= 4 is 16.6 Å². The molecule has 1 N–H and O–H groups in total. The molecular weight excluding hydrogens is 228 g/mol. The van der Waals surface area contributed by atoms with Crippen LogP contribution in [0, 0.1) is 0 Å². The molecule has 1 aromatic carbocycles. The van der Waals surface area contributed by atoms with Gasteiger partial charge in [0, 0.05) is 37.2 Å². The number of aromatic nitrogens is 1. The third-order valence-corrected chi connectivity index (χ3v) is 2.80. The third-order valence-electron chi connectivity index (χ3n) is 2.80. The molecule has 18 heavy (non-hydrogen) atoms. The van der Waals surface area contributed by atoms with Crippen LogP contribution in [0.4, 0.5) is 5.82 Å². The normalized spacial score (nSPS) is 10.6. The van der Waals surface area contributed by atoms with Crippen molar-refractivity contribution in [2.45, 2.75) is 6.42 Å². The van der Waals surface area contributed by atoms with E-state index in [2.05, 4.69) is 10.3 Å². The van der Waals surface area contributed by atoms with Crippen molar-refractivity contribution in [1.82, 2.24) is 4.98 Å². The van der Waals surface area contributed by atoms with Crippen LogP contribution in [-0.4, -0.2) is 32.4 Å². The largest absolute Gasteiger partial charge is 0.496 e. The van der Waals surface area contributed by atoms with Crippen LogP contribution in [0.15, 0.2) is 30.5 Å². The van der Waals surface area contributed by atoms with Crippen LogP contribution in [0.1, 0.15) is 6.42 Å². The Kier molecular flexibility index (Phi) is 4.36. The lowest BCUT2D eigenvalue weighted by Crippen LogP contribution is -2.06. The summed E-state index contributed by atoms with van der Waals surface area (Å²) in [5.41, 5.74) is 0. The van der Waals surface area contributed by atoms with E-state index in [1.54, 1.807) is 20.4 Å². The average molecular weight is 246 g/mol. The van der Waals surface area contributed by atoms with E-state index in [1.807, 2.05) is 24.3 Å². The van der Waals surface area contributed by atoms with E-state index >= 15 is 0 Å².